The first-order chi connectivity index (χ1) is 9.08. The highest BCUT2D eigenvalue weighted by Crippen LogP contribution is 2.22. The van der Waals surface area contributed by atoms with Gasteiger partial charge in [-0.2, -0.15) is 0 Å². The maximum atomic E-state index is 10.9. The van der Waals surface area contributed by atoms with Crippen LogP contribution in [0.2, 0.25) is 0 Å². The van der Waals surface area contributed by atoms with Crippen molar-refractivity contribution in [1.82, 2.24) is 5.32 Å². The summed E-state index contributed by atoms with van der Waals surface area (Å²) >= 11 is 3.24. The van der Waals surface area contributed by atoms with Gasteiger partial charge < -0.3 is 9.73 Å². The Bertz CT molecular complexity index is 583. The summed E-state index contributed by atoms with van der Waals surface area (Å²) in [6, 6.07) is 10.4. The van der Waals surface area contributed by atoms with Gasteiger partial charge in [-0.05, 0) is 35.0 Å². The fourth-order valence-electron chi connectivity index (χ4n) is 1.76. The molecular weight excluding hydrogens is 312 g/mol. The minimum Gasteiger partial charge on any atom is -0.453 e. The van der Waals surface area contributed by atoms with Gasteiger partial charge in [0, 0.05) is 18.2 Å². The van der Waals surface area contributed by atoms with Crippen LogP contribution in [-0.4, -0.2) is 4.92 Å². The number of benzene rings is 1. The van der Waals surface area contributed by atoms with Gasteiger partial charge in [0.25, 0.3) is 5.69 Å². The van der Waals surface area contributed by atoms with Crippen molar-refractivity contribution < 1.29 is 9.34 Å². The van der Waals surface area contributed by atoms with E-state index in [1.807, 2.05) is 19.1 Å². The van der Waals surface area contributed by atoms with Crippen molar-refractivity contribution in [2.45, 2.75) is 19.5 Å². The SMILES string of the molecule is CC(NCc1ccccc1[N+](=O)[O-])c1ccc(Br)o1. The lowest BCUT2D eigenvalue weighted by molar-refractivity contribution is -0.385. The van der Waals surface area contributed by atoms with Crippen LogP contribution in [0.25, 0.3) is 0 Å². The van der Waals surface area contributed by atoms with E-state index in [1.54, 1.807) is 18.2 Å². The highest BCUT2D eigenvalue weighted by atomic mass is 79.9. The summed E-state index contributed by atoms with van der Waals surface area (Å²) < 4.78 is 6.10. The van der Waals surface area contributed by atoms with Crippen LogP contribution < -0.4 is 5.32 Å². The molecule has 0 aliphatic heterocycles. The molecule has 0 aliphatic rings. The Balaban J connectivity index is 2.05. The number of halogens is 1. The molecule has 1 aromatic carbocycles. The topological polar surface area (TPSA) is 68.3 Å². The number of para-hydroxylation sites is 1. The summed E-state index contributed by atoms with van der Waals surface area (Å²) in [5, 5.41) is 14.1. The van der Waals surface area contributed by atoms with Gasteiger partial charge >= 0.3 is 0 Å². The minimum absolute atomic E-state index is 0.0221. The third-order valence-electron chi connectivity index (χ3n) is 2.81. The van der Waals surface area contributed by atoms with E-state index in [2.05, 4.69) is 21.2 Å². The summed E-state index contributed by atoms with van der Waals surface area (Å²) in [6.45, 7) is 2.36. The quantitative estimate of drug-likeness (QED) is 0.670. The molecule has 1 N–H and O–H groups in total. The molecule has 0 fully saturated rings. The van der Waals surface area contributed by atoms with E-state index in [9.17, 15) is 10.1 Å². The number of nitro groups is 1. The highest BCUT2D eigenvalue weighted by Gasteiger charge is 2.14. The number of furan rings is 1. The van der Waals surface area contributed by atoms with Gasteiger partial charge in [-0.3, -0.25) is 10.1 Å². The Morgan fingerprint density at radius 1 is 1.37 bits per heavy atom. The predicted molar refractivity (Wildman–Crippen MR) is 74.8 cm³/mol. The number of rotatable bonds is 5. The molecule has 1 unspecified atom stereocenters. The van der Waals surface area contributed by atoms with E-state index in [0.29, 0.717) is 16.8 Å². The summed E-state index contributed by atoms with van der Waals surface area (Å²) in [5.74, 6) is 0.783. The third kappa shape index (κ3) is 3.42. The van der Waals surface area contributed by atoms with E-state index >= 15 is 0 Å². The smallest absolute Gasteiger partial charge is 0.273 e. The number of nitro benzene ring substituents is 1. The molecule has 0 saturated carbocycles. The molecule has 19 heavy (non-hydrogen) atoms. The van der Waals surface area contributed by atoms with E-state index in [4.69, 9.17) is 4.42 Å². The molecule has 0 aliphatic carbocycles. The lowest BCUT2D eigenvalue weighted by atomic mass is 10.1. The number of hydrogen-bond acceptors (Lipinski definition) is 4. The second-order valence-electron chi connectivity index (χ2n) is 4.13. The average Bonchev–Trinajstić information content (AvgIpc) is 2.83. The molecule has 2 aromatic rings. The van der Waals surface area contributed by atoms with Crippen molar-refractivity contribution in [3.8, 4) is 0 Å². The zero-order chi connectivity index (χ0) is 13.8. The molecule has 0 spiro atoms. The molecule has 5 nitrogen and oxygen atoms in total. The van der Waals surface area contributed by atoms with Crippen molar-refractivity contribution in [3.05, 3.63) is 62.5 Å². The van der Waals surface area contributed by atoms with Crippen LogP contribution in [0.4, 0.5) is 5.69 Å². The maximum Gasteiger partial charge on any atom is 0.273 e. The zero-order valence-corrected chi connectivity index (χ0v) is 11.9. The van der Waals surface area contributed by atoms with Crippen LogP contribution in [0.3, 0.4) is 0 Å². The Morgan fingerprint density at radius 2 is 2.11 bits per heavy atom. The monoisotopic (exact) mass is 324 g/mol. The fraction of sp³-hybridized carbons (Fsp3) is 0.231. The first kappa shape index (κ1) is 13.8. The van der Waals surface area contributed by atoms with Gasteiger partial charge in [-0.1, -0.05) is 18.2 Å². The van der Waals surface area contributed by atoms with Crippen molar-refractivity contribution in [2.24, 2.45) is 0 Å². The van der Waals surface area contributed by atoms with Gasteiger partial charge in [0.1, 0.15) is 5.76 Å². The van der Waals surface area contributed by atoms with E-state index < -0.39 is 0 Å². The Labute approximate surface area is 118 Å². The van der Waals surface area contributed by atoms with Gasteiger partial charge in [-0.15, -0.1) is 0 Å². The van der Waals surface area contributed by atoms with Crippen molar-refractivity contribution in [3.63, 3.8) is 0 Å². The highest BCUT2D eigenvalue weighted by molar-refractivity contribution is 9.10. The molecule has 0 saturated heterocycles. The van der Waals surface area contributed by atoms with Crippen LogP contribution >= 0.6 is 15.9 Å². The molecule has 0 amide bonds. The molecule has 2 rings (SSSR count). The minimum atomic E-state index is -0.370. The predicted octanol–water partition coefficient (Wildman–Crippen LogP) is 3.80. The molecule has 6 heteroatoms. The summed E-state index contributed by atoms with van der Waals surface area (Å²) in [4.78, 5) is 10.5. The second kappa shape index (κ2) is 5.99. The van der Waals surface area contributed by atoms with Crippen LogP contribution in [0, 0.1) is 10.1 Å². The first-order valence-electron chi connectivity index (χ1n) is 5.79. The first-order valence-corrected chi connectivity index (χ1v) is 6.58. The fourth-order valence-corrected chi connectivity index (χ4v) is 2.08. The van der Waals surface area contributed by atoms with E-state index in [-0.39, 0.29) is 16.7 Å². The van der Waals surface area contributed by atoms with E-state index in [1.165, 1.54) is 6.07 Å². The lowest BCUT2D eigenvalue weighted by Crippen LogP contribution is -2.18. The normalized spacial score (nSPS) is 12.3. The summed E-state index contributed by atoms with van der Waals surface area (Å²) in [5.41, 5.74) is 0.785. The van der Waals surface area contributed by atoms with Crippen LogP contribution in [0.5, 0.6) is 0 Å². The molecule has 0 bridgehead atoms. The second-order valence-corrected chi connectivity index (χ2v) is 4.91. The van der Waals surface area contributed by atoms with Crippen LogP contribution in [0.15, 0.2) is 45.5 Å². The molecule has 0 radical (unpaired) electrons. The molecule has 100 valence electrons. The van der Waals surface area contributed by atoms with Gasteiger partial charge in [0.15, 0.2) is 4.67 Å². The molecule has 1 heterocycles. The average molecular weight is 325 g/mol. The molecular formula is C13H13BrN2O3. The van der Waals surface area contributed by atoms with Crippen LogP contribution in [0.1, 0.15) is 24.3 Å². The summed E-state index contributed by atoms with van der Waals surface area (Å²) in [6.07, 6.45) is 0. The van der Waals surface area contributed by atoms with E-state index in [0.717, 1.165) is 5.76 Å². The lowest BCUT2D eigenvalue weighted by Gasteiger charge is -2.11. The van der Waals surface area contributed by atoms with Crippen LogP contribution in [-0.2, 0) is 6.54 Å². The molecule has 1 aromatic heterocycles. The standard InChI is InChI=1S/C13H13BrN2O3/c1-9(12-6-7-13(14)19-12)15-8-10-4-2-3-5-11(10)16(17)18/h2-7,9,15H,8H2,1H3. The van der Waals surface area contributed by atoms with Crippen molar-refractivity contribution >= 4 is 21.6 Å². The molecule has 1 atom stereocenters. The third-order valence-corrected chi connectivity index (χ3v) is 3.23. The Kier molecular flexibility index (Phi) is 4.34. The zero-order valence-electron chi connectivity index (χ0n) is 10.3. The largest absolute Gasteiger partial charge is 0.453 e. The van der Waals surface area contributed by atoms with Gasteiger partial charge in [-0.25, -0.2) is 0 Å². The van der Waals surface area contributed by atoms with Crippen molar-refractivity contribution in [2.75, 3.05) is 0 Å². The Hall–Kier alpha value is -1.66. The van der Waals surface area contributed by atoms with Gasteiger partial charge in [0.2, 0.25) is 0 Å². The summed E-state index contributed by atoms with van der Waals surface area (Å²) in [7, 11) is 0. The number of hydrogen-bond donors (Lipinski definition) is 1. The van der Waals surface area contributed by atoms with Crippen molar-refractivity contribution in [1.29, 1.82) is 0 Å². The Morgan fingerprint density at radius 3 is 2.74 bits per heavy atom. The number of nitrogens with one attached hydrogen (secondary N) is 1. The maximum absolute atomic E-state index is 10.9. The van der Waals surface area contributed by atoms with Gasteiger partial charge in [0.05, 0.1) is 11.0 Å². The number of nitrogens with zero attached hydrogens (tertiary/aromatic N) is 1.